The van der Waals surface area contributed by atoms with Crippen molar-refractivity contribution in [1.29, 1.82) is 0 Å². The van der Waals surface area contributed by atoms with E-state index in [1.165, 1.54) is 0 Å². The molecule has 0 aliphatic carbocycles. The number of hydrogen-bond acceptors (Lipinski definition) is 7. The summed E-state index contributed by atoms with van der Waals surface area (Å²) in [6.45, 7) is 15.3. The Morgan fingerprint density at radius 2 is 1.75 bits per heavy atom. The average Bonchev–Trinajstić information content (AvgIpc) is 3.48. The van der Waals surface area contributed by atoms with Crippen LogP contribution in [0.1, 0.15) is 53.8 Å². The molecule has 0 aliphatic heterocycles. The predicted octanol–water partition coefficient (Wildman–Crippen LogP) is 3.86. The first-order valence-electron chi connectivity index (χ1n) is 13.2. The van der Waals surface area contributed by atoms with Crippen LogP contribution in [0.5, 0.6) is 11.5 Å². The van der Waals surface area contributed by atoms with Gasteiger partial charge in [0.15, 0.2) is 18.1 Å². The number of phenols is 1. The highest BCUT2D eigenvalue weighted by atomic mass is 16.5. The lowest BCUT2D eigenvalue weighted by atomic mass is 9.73. The molecule has 10 heteroatoms. The molecular weight excluding hydrogens is 508 g/mol. The van der Waals surface area contributed by atoms with Gasteiger partial charge >= 0.3 is 0 Å². The summed E-state index contributed by atoms with van der Waals surface area (Å²) in [5.41, 5.74) is 0.492. The highest BCUT2D eigenvalue weighted by molar-refractivity contribution is 5.93. The number of nitrogens with zero attached hydrogens (tertiary/aromatic N) is 4. The van der Waals surface area contributed by atoms with Crippen molar-refractivity contribution in [3.63, 3.8) is 0 Å². The fourth-order valence-electron chi connectivity index (χ4n) is 4.21. The van der Waals surface area contributed by atoms with E-state index in [0.29, 0.717) is 45.8 Å². The van der Waals surface area contributed by atoms with E-state index in [-0.39, 0.29) is 30.1 Å². The molecule has 2 aromatic carbocycles. The van der Waals surface area contributed by atoms with Gasteiger partial charge in [-0.15, -0.1) is 10.2 Å². The van der Waals surface area contributed by atoms with Crippen LogP contribution in [0.15, 0.2) is 48.5 Å². The number of amides is 2. The van der Waals surface area contributed by atoms with E-state index in [2.05, 4.69) is 32.5 Å². The third kappa shape index (κ3) is 5.34. The molecule has 0 fully saturated rings. The fraction of sp³-hybridized carbons (Fsp3) is 0.367. The van der Waals surface area contributed by atoms with Crippen LogP contribution in [-0.4, -0.2) is 48.9 Å². The quantitative estimate of drug-likeness (QED) is 0.276. The number of aromatic hydroxyl groups is 1. The van der Waals surface area contributed by atoms with Crippen LogP contribution in [0, 0.1) is 5.92 Å². The standard InChI is InChI=1S/C30H36N6O4/c1-8-18(2)27(39)31-21-14-10-12-16-23(21)40-17-24(38)32-30(6,7)29(4,5)28-34-33-26-19(3)25(35-36(26)28)20-13-9-11-15-22(20)37/h9-16,18,37H,3,8,17H2,1-2,4-7H3,(H,31,39)(H,32,38). The van der Waals surface area contributed by atoms with Crippen LogP contribution >= 0.6 is 0 Å². The molecule has 40 heavy (non-hydrogen) atoms. The van der Waals surface area contributed by atoms with E-state index in [1.807, 2.05) is 47.6 Å². The van der Waals surface area contributed by atoms with Gasteiger partial charge in [-0.05, 0) is 44.5 Å². The number of aromatic nitrogens is 4. The van der Waals surface area contributed by atoms with Gasteiger partial charge in [-0.3, -0.25) is 9.59 Å². The maximum atomic E-state index is 13.1. The number of phenolic OH excluding ortho intramolecular Hbond substituents is 1. The maximum Gasteiger partial charge on any atom is 0.258 e. The third-order valence-corrected chi connectivity index (χ3v) is 7.69. The SMILES string of the molecule is C=c1c(-c2ccccc2O)nn2c(C(C)(C)C(C)(C)NC(=O)COc3ccccc3NC(=O)C(C)CC)nnc12. The van der Waals surface area contributed by atoms with Gasteiger partial charge in [0, 0.05) is 27.7 Å². The van der Waals surface area contributed by atoms with Crippen LogP contribution < -0.4 is 20.6 Å². The van der Waals surface area contributed by atoms with Crippen molar-refractivity contribution in [2.45, 2.75) is 58.9 Å². The van der Waals surface area contributed by atoms with Crippen molar-refractivity contribution < 1.29 is 19.4 Å². The predicted molar refractivity (Wildman–Crippen MR) is 154 cm³/mol. The fourth-order valence-corrected chi connectivity index (χ4v) is 4.21. The topological polar surface area (TPSA) is 131 Å². The second kappa shape index (κ2) is 11.0. The molecule has 3 N–H and O–H groups in total. The Morgan fingerprint density at radius 3 is 2.45 bits per heavy atom. The number of anilines is 1. The molecule has 0 bridgehead atoms. The number of fused-ring (bicyclic) bond motifs is 1. The van der Waals surface area contributed by atoms with E-state index in [9.17, 15) is 14.7 Å². The molecule has 0 saturated heterocycles. The summed E-state index contributed by atoms with van der Waals surface area (Å²) in [6.07, 6.45) is 0.715. The second-order valence-corrected chi connectivity index (χ2v) is 11.0. The van der Waals surface area contributed by atoms with Gasteiger partial charge in [-0.1, -0.05) is 58.5 Å². The van der Waals surface area contributed by atoms with Crippen LogP contribution in [0.2, 0.25) is 0 Å². The van der Waals surface area contributed by atoms with Crippen molar-refractivity contribution in [3.8, 4) is 22.8 Å². The molecule has 0 radical (unpaired) electrons. The first-order valence-corrected chi connectivity index (χ1v) is 13.2. The zero-order valence-corrected chi connectivity index (χ0v) is 23.8. The van der Waals surface area contributed by atoms with Crippen LogP contribution in [0.4, 0.5) is 5.69 Å². The van der Waals surface area contributed by atoms with Gasteiger partial charge in [0.05, 0.1) is 5.69 Å². The van der Waals surface area contributed by atoms with Crippen molar-refractivity contribution in [1.82, 2.24) is 25.1 Å². The minimum Gasteiger partial charge on any atom is -0.507 e. The highest BCUT2D eigenvalue weighted by Gasteiger charge is 2.44. The number of para-hydroxylation sites is 3. The Labute approximate surface area is 233 Å². The zero-order chi connectivity index (χ0) is 29.2. The maximum absolute atomic E-state index is 13.1. The number of nitrogens with one attached hydrogen (secondary N) is 2. The summed E-state index contributed by atoms with van der Waals surface area (Å²) in [7, 11) is 0. The van der Waals surface area contributed by atoms with Gasteiger partial charge in [0.1, 0.15) is 17.2 Å². The molecule has 2 amide bonds. The summed E-state index contributed by atoms with van der Waals surface area (Å²) >= 11 is 0. The molecular formula is C30H36N6O4. The number of hydrogen-bond donors (Lipinski definition) is 3. The van der Waals surface area contributed by atoms with Crippen LogP contribution in [-0.2, 0) is 15.0 Å². The molecule has 0 saturated carbocycles. The van der Waals surface area contributed by atoms with Crippen molar-refractivity contribution in [3.05, 3.63) is 59.6 Å². The highest BCUT2D eigenvalue weighted by Crippen LogP contribution is 2.34. The van der Waals surface area contributed by atoms with Crippen LogP contribution in [0.25, 0.3) is 23.5 Å². The molecule has 2 heterocycles. The largest absolute Gasteiger partial charge is 0.507 e. The van der Waals surface area contributed by atoms with Gasteiger partial charge in [-0.2, -0.15) is 9.61 Å². The van der Waals surface area contributed by atoms with E-state index in [1.54, 1.807) is 47.0 Å². The number of ether oxygens (including phenoxy) is 1. The van der Waals surface area contributed by atoms with Crippen molar-refractivity contribution in [2.75, 3.05) is 11.9 Å². The van der Waals surface area contributed by atoms with E-state index in [0.717, 1.165) is 0 Å². The normalized spacial score (nSPS) is 12.8. The monoisotopic (exact) mass is 544 g/mol. The Bertz CT molecular complexity index is 1590. The molecule has 4 aromatic rings. The first kappa shape index (κ1) is 28.5. The lowest BCUT2D eigenvalue weighted by Gasteiger charge is -2.40. The van der Waals surface area contributed by atoms with Crippen molar-refractivity contribution in [2.24, 2.45) is 5.92 Å². The number of carbonyl (C=O) groups is 2. The average molecular weight is 545 g/mol. The Morgan fingerprint density at radius 1 is 1.07 bits per heavy atom. The molecule has 2 aromatic heterocycles. The van der Waals surface area contributed by atoms with Crippen LogP contribution in [0.3, 0.4) is 0 Å². The third-order valence-electron chi connectivity index (χ3n) is 7.69. The van der Waals surface area contributed by atoms with Crippen molar-refractivity contribution >= 4 is 29.7 Å². The Balaban J connectivity index is 1.52. The van der Waals surface area contributed by atoms with E-state index >= 15 is 0 Å². The Kier molecular flexibility index (Phi) is 7.81. The number of rotatable bonds is 10. The molecule has 0 aliphatic rings. The van der Waals surface area contributed by atoms with E-state index in [4.69, 9.17) is 4.74 Å². The summed E-state index contributed by atoms with van der Waals surface area (Å²) in [5, 5.41) is 30.2. The van der Waals surface area contributed by atoms with E-state index < -0.39 is 11.0 Å². The summed E-state index contributed by atoms with van der Waals surface area (Å²) in [4.78, 5) is 25.4. The number of benzene rings is 2. The summed E-state index contributed by atoms with van der Waals surface area (Å²) in [5.74, 6) is 0.432. The molecule has 4 rings (SSSR count). The van der Waals surface area contributed by atoms with Gasteiger partial charge in [0.25, 0.3) is 5.91 Å². The molecule has 1 atom stereocenters. The molecule has 1 unspecified atom stereocenters. The molecule has 0 spiro atoms. The minimum absolute atomic E-state index is 0.0931. The number of carbonyl (C=O) groups excluding carboxylic acids is 2. The summed E-state index contributed by atoms with van der Waals surface area (Å²) in [6, 6.07) is 13.9. The Hall–Kier alpha value is -4.47. The minimum atomic E-state index is -0.809. The summed E-state index contributed by atoms with van der Waals surface area (Å²) < 4.78 is 7.42. The lowest BCUT2D eigenvalue weighted by Crippen LogP contribution is -2.57. The zero-order valence-electron chi connectivity index (χ0n) is 23.8. The second-order valence-electron chi connectivity index (χ2n) is 11.0. The smallest absolute Gasteiger partial charge is 0.258 e. The van der Waals surface area contributed by atoms with Gasteiger partial charge in [-0.25, -0.2) is 0 Å². The first-order chi connectivity index (χ1) is 18.9. The van der Waals surface area contributed by atoms with Gasteiger partial charge < -0.3 is 20.5 Å². The molecule has 10 nitrogen and oxygen atoms in total. The lowest BCUT2D eigenvalue weighted by molar-refractivity contribution is -0.125. The van der Waals surface area contributed by atoms with Gasteiger partial charge in [0.2, 0.25) is 5.91 Å². The molecule has 210 valence electrons.